The van der Waals surface area contributed by atoms with Crippen molar-refractivity contribution in [2.75, 3.05) is 11.9 Å². The summed E-state index contributed by atoms with van der Waals surface area (Å²) < 4.78 is 7.60. The van der Waals surface area contributed by atoms with E-state index in [2.05, 4.69) is 20.6 Å². The molecule has 0 unspecified atom stereocenters. The van der Waals surface area contributed by atoms with E-state index in [-0.39, 0.29) is 5.91 Å². The molecule has 0 radical (unpaired) electrons. The number of anilines is 1. The number of hydrogen-bond donors (Lipinski definition) is 2. The molecule has 1 aromatic heterocycles. The fourth-order valence-corrected chi connectivity index (χ4v) is 2.67. The number of rotatable bonds is 6. The maximum atomic E-state index is 11.1. The number of aromatic nitrogens is 3. The molecule has 138 valence electrons. The number of hydrogen-bond acceptors (Lipinski definition) is 5. The van der Waals surface area contributed by atoms with E-state index in [1.165, 1.54) is 6.92 Å². The van der Waals surface area contributed by atoms with Crippen molar-refractivity contribution in [3.8, 4) is 17.1 Å². The highest BCUT2D eigenvalue weighted by Gasteiger charge is 2.13. The molecule has 3 aromatic rings. The molecule has 0 aliphatic rings. The fraction of sp³-hybridized carbons (Fsp3) is 0.158. The number of ether oxygens (including phenoxy) is 1. The number of carbonyl (C=O) groups is 1. The van der Waals surface area contributed by atoms with Gasteiger partial charge in [-0.1, -0.05) is 24.3 Å². The molecule has 27 heavy (non-hydrogen) atoms. The third kappa shape index (κ3) is 4.48. The third-order valence-corrected chi connectivity index (χ3v) is 3.90. The monoisotopic (exact) mass is 381 g/mol. The van der Waals surface area contributed by atoms with Crippen LogP contribution in [-0.4, -0.2) is 33.6 Å². The van der Waals surface area contributed by atoms with Crippen LogP contribution >= 0.6 is 12.2 Å². The van der Waals surface area contributed by atoms with Crippen LogP contribution < -0.4 is 10.1 Å². The lowest BCUT2D eigenvalue weighted by Crippen LogP contribution is -2.05. The molecule has 2 aromatic carbocycles. The number of nitrogens with zero attached hydrogens (tertiary/aromatic N) is 3. The van der Waals surface area contributed by atoms with Gasteiger partial charge in [-0.05, 0) is 49.0 Å². The second-order valence-electron chi connectivity index (χ2n) is 5.64. The van der Waals surface area contributed by atoms with Crippen molar-refractivity contribution in [2.24, 2.45) is 5.10 Å². The van der Waals surface area contributed by atoms with Crippen LogP contribution in [0.15, 0.2) is 53.6 Å². The molecule has 8 heteroatoms. The second-order valence-corrected chi connectivity index (χ2v) is 6.03. The lowest BCUT2D eigenvalue weighted by Gasteiger charge is -2.08. The first-order valence-electron chi connectivity index (χ1n) is 8.40. The first-order chi connectivity index (χ1) is 13.1. The van der Waals surface area contributed by atoms with E-state index in [0.29, 0.717) is 23.0 Å². The number of carbonyl (C=O) groups excluding carboxylic acids is 1. The van der Waals surface area contributed by atoms with Crippen LogP contribution in [0.25, 0.3) is 11.4 Å². The van der Waals surface area contributed by atoms with Gasteiger partial charge in [0.2, 0.25) is 10.7 Å². The molecular formula is C19H19N5O2S. The maximum Gasteiger partial charge on any atom is 0.221 e. The highest BCUT2D eigenvalue weighted by Crippen LogP contribution is 2.28. The van der Waals surface area contributed by atoms with Crippen LogP contribution in [0, 0.1) is 4.77 Å². The SMILES string of the molecule is CCOc1ccccc1-c1n[nH]c(=S)n1/N=C\c1ccc(NC(C)=O)cc1. The van der Waals surface area contributed by atoms with Gasteiger partial charge in [0.25, 0.3) is 0 Å². The van der Waals surface area contributed by atoms with Crippen molar-refractivity contribution in [3.05, 3.63) is 58.9 Å². The predicted molar refractivity (Wildman–Crippen MR) is 108 cm³/mol. The van der Waals surface area contributed by atoms with E-state index in [4.69, 9.17) is 17.0 Å². The summed E-state index contributed by atoms with van der Waals surface area (Å²) in [7, 11) is 0. The molecule has 2 N–H and O–H groups in total. The molecule has 1 heterocycles. The van der Waals surface area contributed by atoms with E-state index < -0.39 is 0 Å². The van der Waals surface area contributed by atoms with Crippen molar-refractivity contribution >= 4 is 30.0 Å². The molecule has 0 atom stereocenters. The number of aromatic amines is 1. The number of amides is 1. The Bertz CT molecular complexity index is 1020. The van der Waals surface area contributed by atoms with Crippen molar-refractivity contribution < 1.29 is 9.53 Å². The van der Waals surface area contributed by atoms with Crippen molar-refractivity contribution in [3.63, 3.8) is 0 Å². The van der Waals surface area contributed by atoms with Gasteiger partial charge in [0.05, 0.1) is 18.4 Å². The first kappa shape index (κ1) is 18.5. The van der Waals surface area contributed by atoms with E-state index in [0.717, 1.165) is 16.8 Å². The summed E-state index contributed by atoms with van der Waals surface area (Å²) in [5.41, 5.74) is 2.38. The van der Waals surface area contributed by atoms with Gasteiger partial charge in [0, 0.05) is 12.6 Å². The van der Waals surface area contributed by atoms with Gasteiger partial charge in [0.1, 0.15) is 5.75 Å². The highest BCUT2D eigenvalue weighted by molar-refractivity contribution is 7.71. The van der Waals surface area contributed by atoms with Gasteiger partial charge < -0.3 is 10.1 Å². The Labute approximate surface area is 161 Å². The van der Waals surface area contributed by atoms with Crippen LogP contribution in [0.2, 0.25) is 0 Å². The molecule has 3 rings (SSSR count). The van der Waals surface area contributed by atoms with Crippen LogP contribution in [-0.2, 0) is 4.79 Å². The van der Waals surface area contributed by atoms with E-state index in [1.807, 2.05) is 55.5 Å². The Morgan fingerprint density at radius 3 is 2.74 bits per heavy atom. The summed E-state index contributed by atoms with van der Waals surface area (Å²) >= 11 is 5.31. The summed E-state index contributed by atoms with van der Waals surface area (Å²) in [5, 5.41) is 14.2. The smallest absolute Gasteiger partial charge is 0.221 e. The average Bonchev–Trinajstić information content (AvgIpc) is 3.02. The van der Waals surface area contributed by atoms with Crippen molar-refractivity contribution in [1.82, 2.24) is 14.9 Å². The summed E-state index contributed by atoms with van der Waals surface area (Å²) in [6.07, 6.45) is 1.68. The quantitative estimate of drug-likeness (QED) is 0.502. The summed E-state index contributed by atoms with van der Waals surface area (Å²) in [5.74, 6) is 1.17. The minimum Gasteiger partial charge on any atom is -0.493 e. The summed E-state index contributed by atoms with van der Waals surface area (Å²) in [6.45, 7) is 3.94. The molecule has 1 amide bonds. The first-order valence-corrected chi connectivity index (χ1v) is 8.81. The predicted octanol–water partition coefficient (Wildman–Crippen LogP) is 3.85. The Balaban J connectivity index is 1.91. The molecular weight excluding hydrogens is 362 g/mol. The molecule has 0 aliphatic heterocycles. The topological polar surface area (TPSA) is 84.3 Å². The third-order valence-electron chi connectivity index (χ3n) is 3.63. The normalized spacial score (nSPS) is 10.9. The van der Waals surface area contributed by atoms with E-state index in [9.17, 15) is 4.79 Å². The Morgan fingerprint density at radius 2 is 2.04 bits per heavy atom. The minimum absolute atomic E-state index is 0.112. The van der Waals surface area contributed by atoms with Gasteiger partial charge in [-0.15, -0.1) is 0 Å². The number of nitrogens with one attached hydrogen (secondary N) is 2. The fourth-order valence-electron chi connectivity index (χ4n) is 2.49. The maximum absolute atomic E-state index is 11.1. The van der Waals surface area contributed by atoms with Gasteiger partial charge in [0.15, 0.2) is 5.82 Å². The number of para-hydroxylation sites is 1. The average molecular weight is 381 g/mol. The van der Waals surface area contributed by atoms with E-state index >= 15 is 0 Å². The van der Waals surface area contributed by atoms with Crippen LogP contribution in [0.5, 0.6) is 5.75 Å². The highest BCUT2D eigenvalue weighted by atomic mass is 32.1. The lowest BCUT2D eigenvalue weighted by atomic mass is 10.2. The zero-order valence-electron chi connectivity index (χ0n) is 15.0. The van der Waals surface area contributed by atoms with Crippen molar-refractivity contribution in [1.29, 1.82) is 0 Å². The molecule has 0 spiro atoms. The minimum atomic E-state index is -0.112. The second kappa shape index (κ2) is 8.41. The molecule has 0 bridgehead atoms. The Kier molecular flexibility index (Phi) is 5.77. The number of H-pyrrole nitrogens is 1. The molecule has 7 nitrogen and oxygen atoms in total. The Morgan fingerprint density at radius 1 is 1.30 bits per heavy atom. The van der Waals surface area contributed by atoms with Gasteiger partial charge in [-0.3, -0.25) is 4.79 Å². The zero-order chi connectivity index (χ0) is 19.2. The standard InChI is InChI=1S/C19H19N5O2S/c1-3-26-17-7-5-4-6-16(17)18-22-23-19(27)24(18)20-12-14-8-10-15(11-9-14)21-13(2)25/h4-12H,3H2,1-2H3,(H,21,25)(H,23,27)/b20-12-. The van der Waals surface area contributed by atoms with Gasteiger partial charge in [-0.25, -0.2) is 5.10 Å². The Hall–Kier alpha value is -3.26. The van der Waals surface area contributed by atoms with Crippen LogP contribution in [0.1, 0.15) is 19.4 Å². The summed E-state index contributed by atoms with van der Waals surface area (Å²) in [6, 6.07) is 14.9. The van der Waals surface area contributed by atoms with Crippen LogP contribution in [0.4, 0.5) is 5.69 Å². The zero-order valence-corrected chi connectivity index (χ0v) is 15.8. The van der Waals surface area contributed by atoms with E-state index in [1.54, 1.807) is 10.9 Å². The molecule has 0 aliphatic carbocycles. The van der Waals surface area contributed by atoms with Gasteiger partial charge >= 0.3 is 0 Å². The molecule has 0 fully saturated rings. The van der Waals surface area contributed by atoms with Crippen molar-refractivity contribution in [2.45, 2.75) is 13.8 Å². The summed E-state index contributed by atoms with van der Waals surface area (Å²) in [4.78, 5) is 11.1. The largest absolute Gasteiger partial charge is 0.493 e. The van der Waals surface area contributed by atoms with Gasteiger partial charge in [-0.2, -0.15) is 14.9 Å². The molecule has 0 saturated heterocycles. The molecule has 0 saturated carbocycles. The lowest BCUT2D eigenvalue weighted by molar-refractivity contribution is -0.114. The number of benzene rings is 2. The van der Waals surface area contributed by atoms with Crippen LogP contribution in [0.3, 0.4) is 0 Å².